The van der Waals surface area contributed by atoms with Gasteiger partial charge in [-0.2, -0.15) is 13.7 Å². The Labute approximate surface area is 134 Å². The summed E-state index contributed by atoms with van der Waals surface area (Å²) in [5.74, 6) is 0.795. The molecular weight excluding hydrogens is 312 g/mol. The summed E-state index contributed by atoms with van der Waals surface area (Å²) >= 11 is 0. The van der Waals surface area contributed by atoms with Gasteiger partial charge in [0.2, 0.25) is 0 Å². The fourth-order valence-corrected chi connectivity index (χ4v) is 2.75. The second-order valence-electron chi connectivity index (χ2n) is 5.03. The lowest BCUT2D eigenvalue weighted by Crippen LogP contribution is -1.99. The van der Waals surface area contributed by atoms with Crippen LogP contribution in [0.4, 0.5) is 5.69 Å². The predicted molar refractivity (Wildman–Crippen MR) is 85.7 cm³/mol. The molecule has 1 heterocycles. The number of nitrogens with zero attached hydrogens (tertiary/aromatic N) is 4. The van der Waals surface area contributed by atoms with Crippen molar-refractivity contribution in [1.29, 1.82) is 5.26 Å². The lowest BCUT2D eigenvalue weighted by molar-refractivity contribution is 0.622. The van der Waals surface area contributed by atoms with Crippen LogP contribution < -0.4 is 0 Å². The monoisotopic (exact) mass is 324 g/mol. The Kier molecular flexibility index (Phi) is 3.91. The van der Waals surface area contributed by atoms with Crippen molar-refractivity contribution in [3.63, 3.8) is 0 Å². The molecule has 0 aliphatic rings. The van der Waals surface area contributed by atoms with E-state index in [0.717, 1.165) is 16.9 Å². The van der Waals surface area contributed by atoms with Crippen molar-refractivity contribution in [2.24, 2.45) is 11.4 Å². The van der Waals surface area contributed by atoms with Crippen LogP contribution in [0.3, 0.4) is 0 Å². The summed E-state index contributed by atoms with van der Waals surface area (Å²) in [6, 6.07) is 14.6. The first-order valence-corrected chi connectivity index (χ1v) is 7.86. The summed E-state index contributed by atoms with van der Waals surface area (Å²) < 4.78 is 27.1. The van der Waals surface area contributed by atoms with Gasteiger partial charge in [-0.05, 0) is 29.8 Å². The van der Waals surface area contributed by atoms with Crippen molar-refractivity contribution in [3.05, 3.63) is 59.4 Å². The van der Waals surface area contributed by atoms with Gasteiger partial charge in [-0.25, -0.2) is 4.98 Å². The minimum absolute atomic E-state index is 0.331. The number of fused-ring (bicyclic) bond motifs is 1. The summed E-state index contributed by atoms with van der Waals surface area (Å²) in [6.45, 7) is 0. The second-order valence-corrected chi connectivity index (χ2v) is 5.64. The summed E-state index contributed by atoms with van der Waals surface area (Å²) in [7, 11) is -0.635. The van der Waals surface area contributed by atoms with E-state index in [2.05, 4.69) is 15.4 Å². The van der Waals surface area contributed by atoms with Gasteiger partial charge in [0.25, 0.3) is 0 Å². The summed E-state index contributed by atoms with van der Waals surface area (Å²) in [5.41, 5.74) is 3.34. The van der Waals surface area contributed by atoms with Crippen molar-refractivity contribution in [2.45, 2.75) is 6.42 Å². The van der Waals surface area contributed by atoms with E-state index in [1.807, 2.05) is 29.8 Å². The van der Waals surface area contributed by atoms with E-state index in [1.165, 1.54) is 0 Å². The number of aromatic nitrogens is 2. The molecule has 23 heavy (non-hydrogen) atoms. The quantitative estimate of drug-likeness (QED) is 0.741. The van der Waals surface area contributed by atoms with Gasteiger partial charge < -0.3 is 4.57 Å². The van der Waals surface area contributed by atoms with E-state index in [9.17, 15) is 8.42 Å². The number of benzene rings is 2. The second kappa shape index (κ2) is 6.02. The Morgan fingerprint density at radius 3 is 2.61 bits per heavy atom. The molecule has 0 spiro atoms. The molecular formula is C16H12N4O2S. The number of hydrogen-bond acceptors (Lipinski definition) is 5. The van der Waals surface area contributed by atoms with Gasteiger partial charge >= 0.3 is 10.5 Å². The molecule has 0 fully saturated rings. The maximum absolute atomic E-state index is 10.8. The van der Waals surface area contributed by atoms with Gasteiger partial charge in [0.15, 0.2) is 0 Å². The van der Waals surface area contributed by atoms with E-state index < -0.39 is 10.5 Å². The molecule has 0 unspecified atom stereocenters. The Hall–Kier alpha value is -2.98. The van der Waals surface area contributed by atoms with Crippen LogP contribution >= 0.6 is 0 Å². The van der Waals surface area contributed by atoms with Crippen LogP contribution in [0.1, 0.15) is 17.0 Å². The largest absolute Gasteiger partial charge is 0.331 e. The fourth-order valence-electron chi connectivity index (χ4n) is 2.44. The summed E-state index contributed by atoms with van der Waals surface area (Å²) in [6.07, 6.45) is 0.580. The number of aryl methyl sites for hydroxylation is 1. The van der Waals surface area contributed by atoms with Crippen molar-refractivity contribution in [3.8, 4) is 6.07 Å². The first-order chi connectivity index (χ1) is 11.1. The first-order valence-electron chi connectivity index (χ1n) is 6.83. The average Bonchev–Trinajstić information content (AvgIpc) is 2.85. The summed E-state index contributed by atoms with van der Waals surface area (Å²) in [4.78, 5) is 4.53. The number of nitriles is 1. The minimum atomic E-state index is -2.52. The third kappa shape index (κ3) is 2.98. The van der Waals surface area contributed by atoms with Gasteiger partial charge in [-0.15, -0.1) is 4.36 Å². The van der Waals surface area contributed by atoms with E-state index >= 15 is 0 Å². The molecule has 0 saturated heterocycles. The molecule has 0 saturated carbocycles. The maximum atomic E-state index is 10.8. The molecule has 0 aliphatic carbocycles. The van der Waals surface area contributed by atoms with Gasteiger partial charge in [0, 0.05) is 13.5 Å². The zero-order chi connectivity index (χ0) is 16.4. The molecule has 7 heteroatoms. The third-order valence-electron chi connectivity index (χ3n) is 3.60. The highest BCUT2D eigenvalue weighted by atomic mass is 32.2. The highest BCUT2D eigenvalue weighted by Crippen LogP contribution is 2.26. The molecule has 0 atom stereocenters. The average molecular weight is 324 g/mol. The predicted octanol–water partition coefficient (Wildman–Crippen LogP) is 2.73. The van der Waals surface area contributed by atoms with Crippen molar-refractivity contribution >= 4 is 27.2 Å². The first kappa shape index (κ1) is 14.9. The van der Waals surface area contributed by atoms with Crippen molar-refractivity contribution in [2.75, 3.05) is 0 Å². The number of rotatable bonds is 3. The highest BCUT2D eigenvalue weighted by Gasteiger charge is 2.11. The Bertz CT molecular complexity index is 1050. The molecule has 0 aliphatic heterocycles. The standard InChI is InChI=1S/C16H12N4O2S/c1-20-14-4-2-3-13(19-23(21)22)16(14)18-15(20)9-11-5-7-12(10-17)8-6-11/h2-8H,9H2,1H3. The van der Waals surface area contributed by atoms with Gasteiger partial charge in [-0.3, -0.25) is 0 Å². The molecule has 3 aromatic rings. The topological polar surface area (TPSA) is 88.1 Å². The zero-order valence-corrected chi connectivity index (χ0v) is 13.1. The van der Waals surface area contributed by atoms with E-state index in [1.54, 1.807) is 24.3 Å². The molecule has 0 N–H and O–H groups in total. The van der Waals surface area contributed by atoms with Crippen LogP contribution in [0.5, 0.6) is 0 Å². The molecule has 2 aromatic carbocycles. The SMILES string of the molecule is Cn1c(Cc2ccc(C#N)cc2)nc2c(N=S(=O)=O)cccc21. The van der Waals surface area contributed by atoms with Crippen molar-refractivity contribution in [1.82, 2.24) is 9.55 Å². The maximum Gasteiger partial charge on any atom is 0.316 e. The van der Waals surface area contributed by atoms with Gasteiger partial charge in [-0.1, -0.05) is 18.2 Å². The van der Waals surface area contributed by atoms with E-state index in [-0.39, 0.29) is 0 Å². The lowest BCUT2D eigenvalue weighted by Gasteiger charge is -2.02. The smallest absolute Gasteiger partial charge is 0.316 e. The van der Waals surface area contributed by atoms with Crippen LogP contribution in [0.15, 0.2) is 46.8 Å². The van der Waals surface area contributed by atoms with Crippen LogP contribution in [0.25, 0.3) is 11.0 Å². The number of hydrogen-bond donors (Lipinski definition) is 0. The number of para-hydroxylation sites is 1. The van der Waals surface area contributed by atoms with Crippen LogP contribution in [-0.4, -0.2) is 18.0 Å². The molecule has 0 radical (unpaired) electrons. The molecule has 1 aromatic heterocycles. The zero-order valence-electron chi connectivity index (χ0n) is 12.3. The van der Waals surface area contributed by atoms with Crippen LogP contribution in [0.2, 0.25) is 0 Å². The molecule has 6 nitrogen and oxygen atoms in total. The van der Waals surface area contributed by atoms with E-state index in [4.69, 9.17) is 5.26 Å². The Morgan fingerprint density at radius 2 is 1.96 bits per heavy atom. The number of imidazole rings is 1. The van der Waals surface area contributed by atoms with Crippen LogP contribution in [-0.2, 0) is 24.0 Å². The normalized spacial score (nSPS) is 10.4. The highest BCUT2D eigenvalue weighted by molar-refractivity contribution is 7.61. The Balaban J connectivity index is 2.06. The molecule has 0 amide bonds. The molecule has 114 valence electrons. The summed E-state index contributed by atoms with van der Waals surface area (Å²) in [5, 5.41) is 8.83. The minimum Gasteiger partial charge on any atom is -0.331 e. The fraction of sp³-hybridized carbons (Fsp3) is 0.125. The third-order valence-corrected chi connectivity index (χ3v) is 3.95. The molecule has 0 bridgehead atoms. The van der Waals surface area contributed by atoms with Gasteiger partial charge in [0.1, 0.15) is 17.0 Å². The van der Waals surface area contributed by atoms with Crippen LogP contribution in [0, 0.1) is 11.3 Å². The lowest BCUT2D eigenvalue weighted by atomic mass is 10.1. The van der Waals surface area contributed by atoms with E-state index in [0.29, 0.717) is 23.2 Å². The molecule has 3 rings (SSSR count). The van der Waals surface area contributed by atoms with Gasteiger partial charge in [0.05, 0.1) is 17.1 Å². The Morgan fingerprint density at radius 1 is 1.22 bits per heavy atom. The van der Waals surface area contributed by atoms with Crippen molar-refractivity contribution < 1.29 is 8.42 Å².